The molecule has 0 N–H and O–H groups in total. The number of benzene rings is 10. The van der Waals surface area contributed by atoms with Crippen LogP contribution in [0.5, 0.6) is 0 Å². The zero-order valence-electron chi connectivity index (χ0n) is 32.2. The second kappa shape index (κ2) is 11.1. The molecule has 0 atom stereocenters. The van der Waals surface area contributed by atoms with Gasteiger partial charge in [-0.15, -0.1) is 0 Å². The summed E-state index contributed by atoms with van der Waals surface area (Å²) in [5.41, 5.74) is 16.1. The molecule has 0 aliphatic heterocycles. The van der Waals surface area contributed by atoms with Crippen LogP contribution in [0, 0.1) is 0 Å². The van der Waals surface area contributed by atoms with Gasteiger partial charge in [0.25, 0.3) is 0 Å². The summed E-state index contributed by atoms with van der Waals surface area (Å²) in [6.45, 7) is 9.66. The molecule has 264 valence electrons. The highest BCUT2D eigenvalue weighted by molar-refractivity contribution is 6.27. The van der Waals surface area contributed by atoms with Crippen LogP contribution >= 0.6 is 0 Å². The van der Waals surface area contributed by atoms with E-state index in [1.165, 1.54) is 121 Å². The second-order valence-corrected chi connectivity index (χ2v) is 17.1. The fraction of sp³-hybridized carbons (Fsp3) is 0.107. The summed E-state index contributed by atoms with van der Waals surface area (Å²) in [7, 11) is 0. The zero-order chi connectivity index (χ0) is 37.5. The molecule has 0 heteroatoms. The molecule has 0 amide bonds. The van der Waals surface area contributed by atoms with E-state index >= 15 is 0 Å². The Labute approximate surface area is 327 Å². The van der Waals surface area contributed by atoms with E-state index in [1.807, 2.05) is 0 Å². The molecule has 12 rings (SSSR count). The quantitative estimate of drug-likeness (QED) is 0.124. The highest BCUT2D eigenvalue weighted by Crippen LogP contribution is 2.59. The fourth-order valence-corrected chi connectivity index (χ4v) is 11.2. The lowest BCUT2D eigenvalue weighted by Crippen LogP contribution is -2.15. The van der Waals surface area contributed by atoms with E-state index < -0.39 is 0 Å². The molecule has 0 bridgehead atoms. The van der Waals surface area contributed by atoms with Gasteiger partial charge in [-0.1, -0.05) is 191 Å². The molecule has 0 unspecified atom stereocenters. The van der Waals surface area contributed by atoms with Gasteiger partial charge in [-0.25, -0.2) is 0 Å². The fourth-order valence-electron chi connectivity index (χ4n) is 11.2. The van der Waals surface area contributed by atoms with Crippen LogP contribution in [0.4, 0.5) is 0 Å². The Morgan fingerprint density at radius 2 is 0.661 bits per heavy atom. The Morgan fingerprint density at radius 3 is 1.27 bits per heavy atom. The summed E-state index contributed by atoms with van der Waals surface area (Å²) in [4.78, 5) is 0. The highest BCUT2D eigenvalue weighted by Gasteiger charge is 2.41. The minimum atomic E-state index is -0.177. The van der Waals surface area contributed by atoms with Crippen LogP contribution in [0.1, 0.15) is 49.9 Å². The summed E-state index contributed by atoms with van der Waals surface area (Å²) in [6, 6.07) is 64.3. The van der Waals surface area contributed by atoms with E-state index in [4.69, 9.17) is 0 Å². The summed E-state index contributed by atoms with van der Waals surface area (Å²) in [5.74, 6) is 0. The molecule has 0 saturated heterocycles. The average molecular weight is 713 g/mol. The highest BCUT2D eigenvalue weighted by atomic mass is 14.4. The van der Waals surface area contributed by atoms with Gasteiger partial charge < -0.3 is 0 Å². The maximum atomic E-state index is 2.54. The minimum Gasteiger partial charge on any atom is -0.0619 e. The first kappa shape index (κ1) is 31.8. The molecular weight excluding hydrogens is 673 g/mol. The standard InChI is InChI=1S/C56H40/c1-55(2)46-30-16-15-28-43(46)51-36-21-8-6-20-35(36)45(32-48(51)55)50-40-25-12-10-23-38(40)49(39-24-11-13-26-41(39)50)44-29-17-31-47-52(44)53-37-22-9-5-18-33(37)34-19-7-14-27-42(34)54(53)56(47,3)4/h5-32H,1-4H3. The van der Waals surface area contributed by atoms with Gasteiger partial charge in [0, 0.05) is 10.8 Å². The monoisotopic (exact) mass is 712 g/mol. The Morgan fingerprint density at radius 1 is 0.250 bits per heavy atom. The number of hydrogen-bond acceptors (Lipinski definition) is 0. The zero-order valence-corrected chi connectivity index (χ0v) is 32.2. The molecule has 0 nitrogen and oxygen atoms in total. The van der Waals surface area contributed by atoms with Crippen molar-refractivity contribution < 1.29 is 0 Å². The lowest BCUT2D eigenvalue weighted by molar-refractivity contribution is 0.661. The molecule has 2 aliphatic carbocycles. The maximum absolute atomic E-state index is 2.54. The van der Waals surface area contributed by atoms with E-state index in [9.17, 15) is 0 Å². The van der Waals surface area contributed by atoms with Crippen molar-refractivity contribution in [3.8, 4) is 44.5 Å². The van der Waals surface area contributed by atoms with Crippen LogP contribution in [-0.4, -0.2) is 0 Å². The van der Waals surface area contributed by atoms with Gasteiger partial charge in [0.05, 0.1) is 0 Å². The normalized spacial score (nSPS) is 14.7. The molecule has 0 heterocycles. The third kappa shape index (κ3) is 3.94. The number of hydrogen-bond donors (Lipinski definition) is 0. The topological polar surface area (TPSA) is 0 Å². The maximum Gasteiger partial charge on any atom is 0.0165 e. The molecule has 0 radical (unpaired) electrons. The first-order chi connectivity index (χ1) is 27.4. The van der Waals surface area contributed by atoms with Crippen molar-refractivity contribution in [3.05, 3.63) is 192 Å². The first-order valence-corrected chi connectivity index (χ1v) is 20.0. The van der Waals surface area contributed by atoms with Crippen molar-refractivity contribution >= 4 is 53.9 Å². The van der Waals surface area contributed by atoms with Crippen LogP contribution in [0.25, 0.3) is 98.4 Å². The van der Waals surface area contributed by atoms with Crippen LogP contribution in [0.2, 0.25) is 0 Å². The summed E-state index contributed by atoms with van der Waals surface area (Å²) in [6.07, 6.45) is 0. The van der Waals surface area contributed by atoms with Gasteiger partial charge in [0.15, 0.2) is 0 Å². The molecule has 56 heavy (non-hydrogen) atoms. The Hall–Kier alpha value is -6.50. The lowest BCUT2D eigenvalue weighted by atomic mass is 9.78. The Bertz CT molecular complexity index is 3300. The molecular formula is C56H40. The molecule has 0 fully saturated rings. The van der Waals surface area contributed by atoms with Crippen molar-refractivity contribution in [2.24, 2.45) is 0 Å². The van der Waals surface area contributed by atoms with Gasteiger partial charge in [-0.2, -0.15) is 0 Å². The molecule has 0 saturated carbocycles. The van der Waals surface area contributed by atoms with Crippen LogP contribution in [-0.2, 0) is 10.8 Å². The molecule has 0 aromatic heterocycles. The Kier molecular flexibility index (Phi) is 6.28. The van der Waals surface area contributed by atoms with Gasteiger partial charge in [-0.05, 0) is 127 Å². The summed E-state index contributed by atoms with van der Waals surface area (Å²) in [5, 5.41) is 13.1. The second-order valence-electron chi connectivity index (χ2n) is 17.1. The van der Waals surface area contributed by atoms with E-state index in [-0.39, 0.29) is 10.8 Å². The van der Waals surface area contributed by atoms with Gasteiger partial charge in [0.2, 0.25) is 0 Å². The summed E-state index contributed by atoms with van der Waals surface area (Å²) >= 11 is 0. The number of rotatable bonds is 2. The van der Waals surface area contributed by atoms with Crippen molar-refractivity contribution in [3.63, 3.8) is 0 Å². The molecule has 10 aromatic carbocycles. The average Bonchev–Trinajstić information content (AvgIpc) is 3.63. The predicted molar refractivity (Wildman–Crippen MR) is 240 cm³/mol. The lowest BCUT2D eigenvalue weighted by Gasteiger charge is -2.25. The smallest absolute Gasteiger partial charge is 0.0165 e. The third-order valence-electron chi connectivity index (χ3n) is 13.6. The SMILES string of the molecule is CC1(C)c2ccccc2-c2c1cc(-c1c3ccccc3c(-c3cccc4c3-c3c(c5ccccc5c5ccccc35)C4(C)C)c3ccccc13)c1ccccc21. The van der Waals surface area contributed by atoms with E-state index in [0.29, 0.717) is 0 Å². The van der Waals surface area contributed by atoms with Gasteiger partial charge in [0.1, 0.15) is 0 Å². The first-order valence-electron chi connectivity index (χ1n) is 20.0. The van der Waals surface area contributed by atoms with Crippen molar-refractivity contribution in [2.75, 3.05) is 0 Å². The largest absolute Gasteiger partial charge is 0.0619 e. The predicted octanol–water partition coefficient (Wildman–Crippen LogP) is 15.4. The Balaban J connectivity index is 1.22. The van der Waals surface area contributed by atoms with Crippen LogP contribution in [0.3, 0.4) is 0 Å². The third-order valence-corrected chi connectivity index (χ3v) is 13.6. The van der Waals surface area contributed by atoms with Crippen molar-refractivity contribution in [2.45, 2.75) is 38.5 Å². The molecule has 10 aromatic rings. The van der Waals surface area contributed by atoms with Gasteiger partial charge in [-0.3, -0.25) is 0 Å². The van der Waals surface area contributed by atoms with E-state index in [2.05, 4.69) is 198 Å². The van der Waals surface area contributed by atoms with E-state index in [0.717, 1.165) is 0 Å². The van der Waals surface area contributed by atoms with Crippen LogP contribution < -0.4 is 0 Å². The number of fused-ring (bicyclic) bond motifs is 15. The summed E-state index contributed by atoms with van der Waals surface area (Å²) < 4.78 is 0. The van der Waals surface area contributed by atoms with Gasteiger partial charge >= 0.3 is 0 Å². The minimum absolute atomic E-state index is 0.117. The molecule has 2 aliphatic rings. The molecule has 0 spiro atoms. The van der Waals surface area contributed by atoms with Crippen molar-refractivity contribution in [1.82, 2.24) is 0 Å². The van der Waals surface area contributed by atoms with Crippen molar-refractivity contribution in [1.29, 1.82) is 0 Å². The van der Waals surface area contributed by atoms with E-state index in [1.54, 1.807) is 0 Å². The van der Waals surface area contributed by atoms with Crippen LogP contribution in [0.15, 0.2) is 170 Å².